The fourth-order valence-corrected chi connectivity index (χ4v) is 2.94. The Labute approximate surface area is 148 Å². The lowest BCUT2D eigenvalue weighted by molar-refractivity contribution is -0.135. The van der Waals surface area contributed by atoms with E-state index in [0.717, 1.165) is 0 Å². The maximum atomic E-state index is 12.4. The van der Waals surface area contributed by atoms with Crippen LogP contribution in [0.1, 0.15) is 40.7 Å². The summed E-state index contributed by atoms with van der Waals surface area (Å²) >= 11 is 0. The Bertz CT molecular complexity index is 932. The molecule has 0 saturated heterocycles. The van der Waals surface area contributed by atoms with Gasteiger partial charge in [0, 0.05) is 12.1 Å². The van der Waals surface area contributed by atoms with E-state index in [-0.39, 0.29) is 41.4 Å². The van der Waals surface area contributed by atoms with E-state index in [0.29, 0.717) is 5.56 Å². The Balaban J connectivity index is 2.18. The highest BCUT2D eigenvalue weighted by atomic mass is 16.5. The second kappa shape index (κ2) is 6.91. The van der Waals surface area contributed by atoms with Crippen LogP contribution in [0.5, 0.6) is 17.2 Å². The monoisotopic (exact) mass is 359 g/mol. The first-order chi connectivity index (χ1) is 12.5. The minimum atomic E-state index is -0.697. The zero-order valence-corrected chi connectivity index (χ0v) is 14.2. The number of benzene rings is 1. The predicted octanol–water partition coefficient (Wildman–Crippen LogP) is 1.71. The molecule has 2 N–H and O–H groups in total. The van der Waals surface area contributed by atoms with Crippen molar-refractivity contribution in [3.05, 3.63) is 51.4 Å². The summed E-state index contributed by atoms with van der Waals surface area (Å²) in [5.41, 5.74) is 0.231. The van der Waals surface area contributed by atoms with Gasteiger partial charge in [-0.25, -0.2) is 4.79 Å². The average Bonchev–Trinajstić information content (AvgIpc) is 2.61. The summed E-state index contributed by atoms with van der Waals surface area (Å²) in [6, 6.07) is 4.54. The average molecular weight is 359 g/mol. The number of ether oxygens (including phenoxy) is 3. The molecule has 0 aliphatic carbocycles. The molecule has 136 valence electrons. The van der Waals surface area contributed by atoms with Crippen molar-refractivity contribution in [2.45, 2.75) is 19.3 Å². The number of phenols is 1. The summed E-state index contributed by atoms with van der Waals surface area (Å²) in [6.07, 6.45) is 1.09. The van der Waals surface area contributed by atoms with Gasteiger partial charge in [-0.1, -0.05) is 6.07 Å². The molecule has 0 spiro atoms. The van der Waals surface area contributed by atoms with E-state index >= 15 is 0 Å². The number of aromatic amines is 1. The van der Waals surface area contributed by atoms with Gasteiger partial charge in [0.05, 0.1) is 25.7 Å². The smallest absolute Gasteiger partial charge is 0.343 e. The summed E-state index contributed by atoms with van der Waals surface area (Å²) in [4.78, 5) is 39.2. The molecule has 3 rings (SSSR count). The number of aromatic hydroxyl groups is 1. The molecule has 0 radical (unpaired) electrons. The number of H-pyrrole nitrogens is 1. The molecule has 1 aromatic carbocycles. The van der Waals surface area contributed by atoms with E-state index in [1.807, 2.05) is 0 Å². The van der Waals surface area contributed by atoms with Crippen molar-refractivity contribution < 1.29 is 28.9 Å². The molecule has 26 heavy (non-hydrogen) atoms. The third kappa shape index (κ3) is 3.01. The molecule has 0 amide bonds. The second-order valence-corrected chi connectivity index (χ2v) is 5.66. The van der Waals surface area contributed by atoms with Gasteiger partial charge in [0.1, 0.15) is 5.56 Å². The zero-order chi connectivity index (χ0) is 18.8. The molecule has 1 atom stereocenters. The van der Waals surface area contributed by atoms with Crippen molar-refractivity contribution in [3.8, 4) is 17.2 Å². The standard InChI is InChI=1S/C18H17NO7/c1-3-25-18(23)11-8-19-17(22)15-10(7-14(21)26-16(11)15)9-4-5-12(20)13(6-9)24-2/h4-6,8,10,20H,3,7H2,1-2H3,(H,19,22)/t10-/m0/s1. The Kier molecular flexibility index (Phi) is 4.66. The molecule has 1 aliphatic heterocycles. The number of pyridine rings is 1. The minimum absolute atomic E-state index is 0.0229. The van der Waals surface area contributed by atoms with Crippen LogP contribution in [0.2, 0.25) is 0 Å². The van der Waals surface area contributed by atoms with Gasteiger partial charge in [-0.3, -0.25) is 9.59 Å². The zero-order valence-electron chi connectivity index (χ0n) is 14.2. The summed E-state index contributed by atoms with van der Waals surface area (Å²) in [6.45, 7) is 1.78. The fourth-order valence-electron chi connectivity index (χ4n) is 2.94. The van der Waals surface area contributed by atoms with E-state index in [1.165, 1.54) is 19.4 Å². The molecule has 8 nitrogen and oxygen atoms in total. The molecule has 1 aliphatic rings. The quantitative estimate of drug-likeness (QED) is 0.799. The van der Waals surface area contributed by atoms with Crippen LogP contribution >= 0.6 is 0 Å². The maximum absolute atomic E-state index is 12.4. The molecule has 0 bridgehead atoms. The van der Waals surface area contributed by atoms with Crippen LogP contribution in [0.4, 0.5) is 0 Å². The molecular weight excluding hydrogens is 342 g/mol. The summed E-state index contributed by atoms with van der Waals surface area (Å²) in [5.74, 6) is -1.88. The van der Waals surface area contributed by atoms with Crippen LogP contribution in [0.15, 0.2) is 29.2 Å². The number of carbonyl (C=O) groups excluding carboxylic acids is 2. The van der Waals surface area contributed by atoms with Crippen molar-refractivity contribution in [1.82, 2.24) is 4.98 Å². The fraction of sp³-hybridized carbons (Fsp3) is 0.278. The van der Waals surface area contributed by atoms with Crippen molar-refractivity contribution >= 4 is 11.9 Å². The lowest BCUT2D eigenvalue weighted by atomic mass is 9.86. The van der Waals surface area contributed by atoms with Crippen molar-refractivity contribution in [3.63, 3.8) is 0 Å². The van der Waals surface area contributed by atoms with Gasteiger partial charge in [-0.05, 0) is 24.6 Å². The molecule has 0 unspecified atom stereocenters. The number of methoxy groups -OCH3 is 1. The third-order valence-corrected chi connectivity index (χ3v) is 4.12. The van der Waals surface area contributed by atoms with Crippen molar-refractivity contribution in [2.75, 3.05) is 13.7 Å². The summed E-state index contributed by atoms with van der Waals surface area (Å²) in [5, 5.41) is 9.77. The number of aromatic nitrogens is 1. The number of phenolic OH excluding ortho intramolecular Hbond substituents is 1. The molecule has 8 heteroatoms. The van der Waals surface area contributed by atoms with E-state index in [9.17, 15) is 19.5 Å². The minimum Gasteiger partial charge on any atom is -0.504 e. The van der Waals surface area contributed by atoms with E-state index in [4.69, 9.17) is 14.2 Å². The third-order valence-electron chi connectivity index (χ3n) is 4.12. The van der Waals surface area contributed by atoms with Gasteiger partial charge >= 0.3 is 11.9 Å². The number of hydrogen-bond donors (Lipinski definition) is 2. The van der Waals surface area contributed by atoms with Crippen molar-refractivity contribution in [1.29, 1.82) is 0 Å². The summed E-state index contributed by atoms with van der Waals surface area (Å²) in [7, 11) is 1.40. The first-order valence-electron chi connectivity index (χ1n) is 7.96. The number of nitrogens with one attached hydrogen (secondary N) is 1. The first-order valence-corrected chi connectivity index (χ1v) is 7.96. The van der Waals surface area contributed by atoms with E-state index < -0.39 is 23.4 Å². The number of hydrogen-bond acceptors (Lipinski definition) is 7. The highest BCUT2D eigenvalue weighted by Crippen LogP contribution is 2.40. The van der Waals surface area contributed by atoms with Gasteiger partial charge < -0.3 is 24.3 Å². The topological polar surface area (TPSA) is 115 Å². The van der Waals surface area contributed by atoms with E-state index in [1.54, 1.807) is 19.1 Å². The second-order valence-electron chi connectivity index (χ2n) is 5.66. The van der Waals surface area contributed by atoms with Crippen LogP contribution in [-0.4, -0.2) is 35.7 Å². The normalized spacial score (nSPS) is 15.8. The van der Waals surface area contributed by atoms with Gasteiger partial charge in [0.25, 0.3) is 5.56 Å². The summed E-state index contributed by atoms with van der Waals surface area (Å²) < 4.78 is 15.2. The lowest BCUT2D eigenvalue weighted by Crippen LogP contribution is -2.30. The SMILES string of the molecule is CCOC(=O)c1c[nH]c(=O)c2c1OC(=O)C[C@H]2c1ccc(O)c(OC)c1. The number of carbonyl (C=O) groups is 2. The Hall–Kier alpha value is -3.29. The molecule has 2 aromatic rings. The largest absolute Gasteiger partial charge is 0.504 e. The molecule has 1 aromatic heterocycles. The van der Waals surface area contributed by atoms with Crippen LogP contribution in [0.25, 0.3) is 0 Å². The van der Waals surface area contributed by atoms with Gasteiger partial charge in [-0.15, -0.1) is 0 Å². The molecule has 0 fully saturated rings. The molecule has 0 saturated carbocycles. The molecular formula is C18H17NO7. The number of fused-ring (bicyclic) bond motifs is 1. The Morgan fingerprint density at radius 3 is 2.85 bits per heavy atom. The maximum Gasteiger partial charge on any atom is 0.343 e. The van der Waals surface area contributed by atoms with Gasteiger partial charge in [-0.2, -0.15) is 0 Å². The number of rotatable bonds is 4. The van der Waals surface area contributed by atoms with E-state index in [2.05, 4.69) is 4.98 Å². The Morgan fingerprint density at radius 1 is 1.38 bits per heavy atom. The Morgan fingerprint density at radius 2 is 2.15 bits per heavy atom. The highest BCUT2D eigenvalue weighted by molar-refractivity contribution is 5.94. The lowest BCUT2D eigenvalue weighted by Gasteiger charge is -2.25. The van der Waals surface area contributed by atoms with Crippen molar-refractivity contribution in [2.24, 2.45) is 0 Å². The van der Waals surface area contributed by atoms with Crippen LogP contribution in [0, 0.1) is 0 Å². The predicted molar refractivity (Wildman–Crippen MR) is 89.8 cm³/mol. The van der Waals surface area contributed by atoms with Gasteiger partial charge in [0.2, 0.25) is 0 Å². The molecule has 2 heterocycles. The van der Waals surface area contributed by atoms with Crippen LogP contribution in [0.3, 0.4) is 0 Å². The number of esters is 2. The highest BCUT2D eigenvalue weighted by Gasteiger charge is 2.35. The van der Waals surface area contributed by atoms with Crippen LogP contribution < -0.4 is 15.0 Å². The first kappa shape index (κ1) is 17.5. The van der Waals surface area contributed by atoms with Crippen LogP contribution in [-0.2, 0) is 9.53 Å². The van der Waals surface area contributed by atoms with Gasteiger partial charge in [0.15, 0.2) is 17.2 Å².